The summed E-state index contributed by atoms with van der Waals surface area (Å²) in [6.45, 7) is 0.664. The highest BCUT2D eigenvalue weighted by Crippen LogP contribution is 2.38. The van der Waals surface area contributed by atoms with Gasteiger partial charge in [0.2, 0.25) is 10.0 Å². The minimum absolute atomic E-state index is 0.0394. The van der Waals surface area contributed by atoms with Gasteiger partial charge in [-0.25, -0.2) is 17.9 Å². The molecule has 4 N–H and O–H groups in total. The normalized spacial score (nSPS) is 14.3. The average Bonchev–Trinajstić information content (AvgIpc) is 2.80. The summed E-state index contributed by atoms with van der Waals surface area (Å²) in [6, 6.07) is 8.94. The third kappa shape index (κ3) is 2.45. The lowest BCUT2D eigenvalue weighted by Gasteiger charge is -2.21. The Balaban J connectivity index is 2.06. The van der Waals surface area contributed by atoms with Crippen LogP contribution < -0.4 is 15.8 Å². The van der Waals surface area contributed by atoms with Crippen molar-refractivity contribution in [3.05, 3.63) is 47.8 Å². The van der Waals surface area contributed by atoms with E-state index in [4.69, 9.17) is 10.9 Å². The molecule has 0 aliphatic carbocycles. The third-order valence-corrected chi connectivity index (χ3v) is 4.47. The van der Waals surface area contributed by atoms with Crippen molar-refractivity contribution in [3.8, 4) is 0 Å². The molecule has 0 unspecified atom stereocenters. The molecule has 0 atom stereocenters. The predicted octanol–water partition coefficient (Wildman–Crippen LogP) is 1.75. The number of fused-ring (bicyclic) bond motifs is 1. The number of hydrogen-bond acceptors (Lipinski definition) is 4. The summed E-state index contributed by atoms with van der Waals surface area (Å²) in [7, 11) is -3.79. The first-order valence-electron chi connectivity index (χ1n) is 6.34. The lowest BCUT2D eigenvalue weighted by molar-refractivity contribution is 0.598. The molecule has 3 rings (SSSR count). The first kappa shape index (κ1) is 13.8. The molecule has 0 bridgehead atoms. The van der Waals surface area contributed by atoms with Crippen LogP contribution in [0.15, 0.2) is 41.3 Å². The van der Waals surface area contributed by atoms with Crippen LogP contribution in [0.2, 0.25) is 0 Å². The fourth-order valence-electron chi connectivity index (χ4n) is 2.56. The first-order chi connectivity index (χ1) is 9.86. The molecular weight excluding hydrogens is 293 g/mol. The molecule has 0 radical (unpaired) electrons. The molecule has 0 fully saturated rings. The number of rotatable bonds is 2. The van der Waals surface area contributed by atoms with Crippen LogP contribution >= 0.6 is 0 Å². The fraction of sp³-hybridized carbons (Fsp3) is 0.143. The number of nitrogens with two attached hydrogens (primary N) is 2. The summed E-state index contributed by atoms with van der Waals surface area (Å²) in [6.07, 6.45) is 0.784. The SMILES string of the molecule is Nc1cc(S(N)(=O)=O)ccc1N1CCc2ccc(F)cc21. The van der Waals surface area contributed by atoms with Gasteiger partial charge in [0.05, 0.1) is 16.3 Å². The minimum Gasteiger partial charge on any atom is -0.397 e. The van der Waals surface area contributed by atoms with Crippen LogP contribution in [-0.2, 0) is 16.4 Å². The van der Waals surface area contributed by atoms with Crippen molar-refractivity contribution < 1.29 is 12.8 Å². The van der Waals surface area contributed by atoms with Gasteiger partial charge in [-0.15, -0.1) is 0 Å². The highest BCUT2D eigenvalue weighted by molar-refractivity contribution is 7.89. The van der Waals surface area contributed by atoms with Crippen molar-refractivity contribution in [2.45, 2.75) is 11.3 Å². The van der Waals surface area contributed by atoms with E-state index in [9.17, 15) is 12.8 Å². The van der Waals surface area contributed by atoms with E-state index >= 15 is 0 Å². The number of nitrogen functional groups attached to an aromatic ring is 1. The molecule has 1 aliphatic heterocycles. The Hall–Kier alpha value is -2.12. The van der Waals surface area contributed by atoms with Gasteiger partial charge in [-0.3, -0.25) is 0 Å². The van der Waals surface area contributed by atoms with E-state index in [-0.39, 0.29) is 10.7 Å². The molecule has 2 aromatic rings. The monoisotopic (exact) mass is 307 g/mol. The van der Waals surface area contributed by atoms with Crippen LogP contribution in [0.4, 0.5) is 21.5 Å². The molecule has 0 amide bonds. The second-order valence-electron chi connectivity index (χ2n) is 4.94. The van der Waals surface area contributed by atoms with Crippen molar-refractivity contribution in [1.29, 1.82) is 0 Å². The zero-order chi connectivity index (χ0) is 15.2. The predicted molar refractivity (Wildman–Crippen MR) is 79.3 cm³/mol. The van der Waals surface area contributed by atoms with Gasteiger partial charge in [0, 0.05) is 12.2 Å². The number of primary sulfonamides is 1. The lowest BCUT2D eigenvalue weighted by atomic mass is 10.1. The molecule has 1 aliphatic rings. The quantitative estimate of drug-likeness (QED) is 0.827. The Bertz CT molecular complexity index is 821. The van der Waals surface area contributed by atoms with Gasteiger partial charge in [0.25, 0.3) is 0 Å². The van der Waals surface area contributed by atoms with E-state index in [0.29, 0.717) is 17.9 Å². The van der Waals surface area contributed by atoms with Crippen LogP contribution in [-0.4, -0.2) is 15.0 Å². The third-order valence-electron chi connectivity index (χ3n) is 3.56. The molecule has 0 aromatic heterocycles. The molecule has 0 saturated heterocycles. The van der Waals surface area contributed by atoms with Crippen molar-refractivity contribution in [3.63, 3.8) is 0 Å². The smallest absolute Gasteiger partial charge is 0.238 e. The molecule has 7 heteroatoms. The molecule has 110 valence electrons. The maximum atomic E-state index is 13.4. The summed E-state index contributed by atoms with van der Waals surface area (Å²) >= 11 is 0. The molecule has 2 aromatic carbocycles. The van der Waals surface area contributed by atoms with E-state index in [1.165, 1.54) is 24.3 Å². The highest BCUT2D eigenvalue weighted by atomic mass is 32.2. The van der Waals surface area contributed by atoms with Gasteiger partial charge in [0.1, 0.15) is 5.82 Å². The highest BCUT2D eigenvalue weighted by Gasteiger charge is 2.23. The molecular formula is C14H14FN3O2S. The standard InChI is InChI=1S/C14H14FN3O2S/c15-10-2-1-9-5-6-18(14(9)7-10)13-4-3-11(8-12(13)16)21(17,19)20/h1-4,7-8H,5-6,16H2,(H2,17,19,20). The molecule has 21 heavy (non-hydrogen) atoms. The zero-order valence-electron chi connectivity index (χ0n) is 11.1. The van der Waals surface area contributed by atoms with E-state index in [2.05, 4.69) is 0 Å². The Morgan fingerprint density at radius 1 is 1.10 bits per heavy atom. The lowest BCUT2D eigenvalue weighted by Crippen LogP contribution is -2.17. The van der Waals surface area contributed by atoms with Gasteiger partial charge in [-0.2, -0.15) is 0 Å². The van der Waals surface area contributed by atoms with Crippen LogP contribution in [0.25, 0.3) is 0 Å². The topological polar surface area (TPSA) is 89.4 Å². The summed E-state index contributed by atoms with van der Waals surface area (Å²) in [4.78, 5) is 1.84. The van der Waals surface area contributed by atoms with Gasteiger partial charge in [-0.05, 0) is 42.3 Å². The first-order valence-corrected chi connectivity index (χ1v) is 7.89. The minimum atomic E-state index is -3.79. The zero-order valence-corrected chi connectivity index (χ0v) is 11.9. The van der Waals surface area contributed by atoms with Crippen LogP contribution in [0.5, 0.6) is 0 Å². The van der Waals surface area contributed by atoms with Crippen molar-refractivity contribution in [1.82, 2.24) is 0 Å². The maximum absolute atomic E-state index is 13.4. The Labute approximate surface area is 122 Å². The van der Waals surface area contributed by atoms with E-state index in [1.54, 1.807) is 12.1 Å². The van der Waals surface area contributed by atoms with E-state index in [1.807, 2.05) is 4.90 Å². The fourth-order valence-corrected chi connectivity index (χ4v) is 3.11. The van der Waals surface area contributed by atoms with Gasteiger partial charge >= 0.3 is 0 Å². The Kier molecular flexibility index (Phi) is 3.11. The number of hydrogen-bond donors (Lipinski definition) is 2. The second kappa shape index (κ2) is 4.71. The molecule has 1 heterocycles. The van der Waals surface area contributed by atoms with Crippen LogP contribution in [0.3, 0.4) is 0 Å². The number of benzene rings is 2. The average molecular weight is 307 g/mol. The summed E-state index contributed by atoms with van der Waals surface area (Å²) in [5.74, 6) is -0.319. The Morgan fingerprint density at radius 2 is 1.86 bits per heavy atom. The van der Waals surface area contributed by atoms with Crippen LogP contribution in [0, 0.1) is 5.82 Å². The van der Waals surface area contributed by atoms with Crippen molar-refractivity contribution >= 4 is 27.1 Å². The molecule has 5 nitrogen and oxygen atoms in total. The van der Waals surface area contributed by atoms with Crippen molar-refractivity contribution in [2.75, 3.05) is 17.2 Å². The number of sulfonamides is 1. The van der Waals surface area contributed by atoms with Gasteiger partial charge in [0.15, 0.2) is 0 Å². The molecule has 0 spiro atoms. The summed E-state index contributed by atoms with van der Waals surface area (Å²) in [5.41, 5.74) is 8.66. The number of nitrogens with zero attached hydrogens (tertiary/aromatic N) is 1. The van der Waals surface area contributed by atoms with E-state index in [0.717, 1.165) is 17.7 Å². The summed E-state index contributed by atoms with van der Waals surface area (Å²) < 4.78 is 36.1. The van der Waals surface area contributed by atoms with Crippen molar-refractivity contribution in [2.24, 2.45) is 5.14 Å². The summed E-state index contributed by atoms with van der Waals surface area (Å²) in [5, 5.41) is 5.08. The number of anilines is 3. The maximum Gasteiger partial charge on any atom is 0.238 e. The Morgan fingerprint density at radius 3 is 2.52 bits per heavy atom. The largest absolute Gasteiger partial charge is 0.397 e. The van der Waals surface area contributed by atoms with Gasteiger partial charge < -0.3 is 10.6 Å². The van der Waals surface area contributed by atoms with Crippen LogP contribution in [0.1, 0.15) is 5.56 Å². The molecule has 0 saturated carbocycles. The van der Waals surface area contributed by atoms with Gasteiger partial charge in [-0.1, -0.05) is 6.07 Å². The second-order valence-corrected chi connectivity index (χ2v) is 6.50. The number of halogens is 1. The van der Waals surface area contributed by atoms with E-state index < -0.39 is 10.0 Å².